The van der Waals surface area contributed by atoms with Gasteiger partial charge in [0.2, 0.25) is 0 Å². The number of carbonyl (C=O) groups excluding carboxylic acids is 1. The molecule has 0 bridgehead atoms. The third-order valence-corrected chi connectivity index (χ3v) is 3.21. The maximum Gasteiger partial charge on any atom is 0.338 e. The summed E-state index contributed by atoms with van der Waals surface area (Å²) in [6, 6.07) is 0. The van der Waals surface area contributed by atoms with E-state index in [4.69, 9.17) is 16.3 Å². The first-order chi connectivity index (χ1) is 7.88. The number of carbonyl (C=O) groups is 1. The number of hydrogen-bond acceptors (Lipinski definition) is 3. The lowest BCUT2D eigenvalue weighted by atomic mass is 10.0. The van der Waals surface area contributed by atoms with Gasteiger partial charge >= 0.3 is 5.97 Å². The molecule has 0 spiro atoms. The predicted octanol–water partition coefficient (Wildman–Crippen LogP) is 2.86. The molecule has 17 heavy (non-hydrogen) atoms. The van der Waals surface area contributed by atoms with Crippen molar-refractivity contribution in [2.24, 2.45) is 0 Å². The van der Waals surface area contributed by atoms with Gasteiger partial charge in [-0.05, 0) is 51.2 Å². The molecule has 0 aromatic heterocycles. The Morgan fingerprint density at radius 1 is 1.47 bits per heavy atom. The second kappa shape index (κ2) is 4.37. The number of allylic oxidation sites excluding steroid dienone is 2. The molecule has 3 nitrogen and oxygen atoms in total. The first kappa shape index (κ1) is 12.5. The number of fused-ring (bicyclic) bond motifs is 1. The van der Waals surface area contributed by atoms with Gasteiger partial charge < -0.3 is 10.1 Å². The van der Waals surface area contributed by atoms with Gasteiger partial charge in [-0.1, -0.05) is 11.6 Å². The van der Waals surface area contributed by atoms with Gasteiger partial charge in [0.25, 0.3) is 0 Å². The summed E-state index contributed by atoms with van der Waals surface area (Å²) < 4.78 is 5.41. The Labute approximate surface area is 107 Å². The van der Waals surface area contributed by atoms with Crippen LogP contribution in [0.2, 0.25) is 0 Å². The maximum absolute atomic E-state index is 12.1. The summed E-state index contributed by atoms with van der Waals surface area (Å²) in [6.07, 6.45) is 4.94. The average Bonchev–Trinajstić information content (AvgIpc) is 2.61. The van der Waals surface area contributed by atoms with Gasteiger partial charge in [-0.25, -0.2) is 4.79 Å². The summed E-state index contributed by atoms with van der Waals surface area (Å²) in [6.45, 7) is 5.59. The third kappa shape index (κ3) is 2.65. The van der Waals surface area contributed by atoms with E-state index in [0.717, 1.165) is 24.8 Å². The lowest BCUT2D eigenvalue weighted by Gasteiger charge is -2.26. The standard InChI is InChI=1S/C13H18ClNO2/c1-13(2,3)17-12(16)10-9-6-4-5-8(9)7-15-11(10)14/h7,11,15H,4-6H2,1-3H3. The fraction of sp³-hybridized carbons (Fsp3) is 0.615. The Balaban J connectivity index is 2.28. The zero-order valence-corrected chi connectivity index (χ0v) is 11.2. The van der Waals surface area contributed by atoms with E-state index in [-0.39, 0.29) is 5.97 Å². The van der Waals surface area contributed by atoms with Crippen molar-refractivity contribution in [2.75, 3.05) is 0 Å². The van der Waals surface area contributed by atoms with Crippen LogP contribution in [0.5, 0.6) is 0 Å². The fourth-order valence-corrected chi connectivity index (χ4v) is 2.49. The third-order valence-electron chi connectivity index (χ3n) is 2.86. The highest BCUT2D eigenvalue weighted by molar-refractivity contribution is 6.25. The van der Waals surface area contributed by atoms with Gasteiger partial charge in [-0.15, -0.1) is 0 Å². The van der Waals surface area contributed by atoms with Crippen LogP contribution in [0.4, 0.5) is 0 Å². The molecule has 1 atom stereocenters. The largest absolute Gasteiger partial charge is 0.457 e. The van der Waals surface area contributed by atoms with E-state index >= 15 is 0 Å². The Morgan fingerprint density at radius 2 is 2.18 bits per heavy atom. The van der Waals surface area contributed by atoms with Crippen LogP contribution < -0.4 is 5.32 Å². The monoisotopic (exact) mass is 255 g/mol. The van der Waals surface area contributed by atoms with Crippen LogP contribution in [0, 0.1) is 0 Å². The summed E-state index contributed by atoms with van der Waals surface area (Å²) in [4.78, 5) is 12.1. The molecule has 2 aliphatic rings. The van der Waals surface area contributed by atoms with E-state index in [1.54, 1.807) is 0 Å². The van der Waals surface area contributed by atoms with Crippen molar-refractivity contribution in [3.63, 3.8) is 0 Å². The number of halogens is 1. The van der Waals surface area contributed by atoms with Gasteiger partial charge in [0.1, 0.15) is 11.1 Å². The smallest absolute Gasteiger partial charge is 0.338 e. The first-order valence-electron chi connectivity index (χ1n) is 5.94. The van der Waals surface area contributed by atoms with Gasteiger partial charge in [0, 0.05) is 6.20 Å². The van der Waals surface area contributed by atoms with Crippen molar-refractivity contribution >= 4 is 17.6 Å². The van der Waals surface area contributed by atoms with Crippen LogP contribution in [0.1, 0.15) is 40.0 Å². The number of rotatable bonds is 1. The van der Waals surface area contributed by atoms with Crippen molar-refractivity contribution in [1.29, 1.82) is 0 Å². The molecule has 1 aliphatic heterocycles. The molecule has 1 fully saturated rings. The lowest BCUT2D eigenvalue weighted by Crippen LogP contribution is -2.34. The van der Waals surface area contributed by atoms with Gasteiger partial charge in [0.15, 0.2) is 0 Å². The van der Waals surface area contributed by atoms with Crippen LogP contribution in [-0.2, 0) is 9.53 Å². The Kier molecular flexibility index (Phi) is 3.21. The van der Waals surface area contributed by atoms with Crippen LogP contribution >= 0.6 is 11.6 Å². The molecule has 0 aromatic carbocycles. The zero-order chi connectivity index (χ0) is 12.6. The topological polar surface area (TPSA) is 38.3 Å². The SMILES string of the molecule is CC(C)(C)OC(=O)C1=C2CCCC2=CNC1Cl. The second-order valence-corrected chi connectivity index (χ2v) is 5.88. The summed E-state index contributed by atoms with van der Waals surface area (Å²) in [5.41, 5.74) is 1.92. The highest BCUT2D eigenvalue weighted by Crippen LogP contribution is 2.37. The van der Waals surface area contributed by atoms with Gasteiger partial charge in [0.05, 0.1) is 5.57 Å². The lowest BCUT2D eigenvalue weighted by molar-refractivity contribution is -0.150. The molecule has 0 amide bonds. The van der Waals surface area contributed by atoms with E-state index in [9.17, 15) is 4.79 Å². The minimum Gasteiger partial charge on any atom is -0.457 e. The molecule has 1 N–H and O–H groups in total. The van der Waals surface area contributed by atoms with E-state index in [1.165, 1.54) is 5.57 Å². The minimum absolute atomic E-state index is 0.299. The molecule has 94 valence electrons. The van der Waals surface area contributed by atoms with Crippen molar-refractivity contribution in [3.05, 3.63) is 22.9 Å². The maximum atomic E-state index is 12.1. The zero-order valence-electron chi connectivity index (χ0n) is 10.5. The van der Waals surface area contributed by atoms with Gasteiger partial charge in [-0.3, -0.25) is 0 Å². The van der Waals surface area contributed by atoms with E-state index in [1.807, 2.05) is 27.0 Å². The van der Waals surface area contributed by atoms with E-state index in [0.29, 0.717) is 5.57 Å². The fourth-order valence-electron chi connectivity index (χ4n) is 2.20. The number of dihydropyridines is 1. The summed E-state index contributed by atoms with van der Waals surface area (Å²) in [5, 5.41) is 3.01. The molecule has 1 unspecified atom stereocenters. The van der Waals surface area contributed by atoms with Crippen LogP contribution in [-0.4, -0.2) is 17.1 Å². The van der Waals surface area contributed by atoms with E-state index < -0.39 is 11.1 Å². The van der Waals surface area contributed by atoms with Crippen LogP contribution in [0.25, 0.3) is 0 Å². The second-order valence-electron chi connectivity index (χ2n) is 5.45. The number of ether oxygens (including phenoxy) is 1. The van der Waals surface area contributed by atoms with Crippen LogP contribution in [0.15, 0.2) is 22.9 Å². The molecule has 0 radical (unpaired) electrons. The summed E-state index contributed by atoms with van der Waals surface area (Å²) >= 11 is 6.16. The predicted molar refractivity (Wildman–Crippen MR) is 67.6 cm³/mol. The Hall–Kier alpha value is -0.960. The molecule has 1 aliphatic carbocycles. The molecule has 4 heteroatoms. The number of alkyl halides is 1. The van der Waals surface area contributed by atoms with Crippen molar-refractivity contribution in [3.8, 4) is 0 Å². The molecule has 0 aromatic rings. The quantitative estimate of drug-likeness (QED) is 0.445. The average molecular weight is 256 g/mol. The molecular weight excluding hydrogens is 238 g/mol. The minimum atomic E-state index is -0.485. The number of esters is 1. The summed E-state index contributed by atoms with van der Waals surface area (Å²) in [7, 11) is 0. The Morgan fingerprint density at radius 3 is 2.82 bits per heavy atom. The van der Waals surface area contributed by atoms with Crippen molar-refractivity contribution in [1.82, 2.24) is 5.32 Å². The van der Waals surface area contributed by atoms with E-state index in [2.05, 4.69) is 5.32 Å². The summed E-state index contributed by atoms with van der Waals surface area (Å²) in [5.74, 6) is -0.299. The van der Waals surface area contributed by atoms with Crippen molar-refractivity contribution < 1.29 is 9.53 Å². The molecule has 2 rings (SSSR count). The highest BCUT2D eigenvalue weighted by atomic mass is 35.5. The van der Waals surface area contributed by atoms with Crippen molar-refractivity contribution in [2.45, 2.75) is 51.1 Å². The first-order valence-corrected chi connectivity index (χ1v) is 6.38. The highest BCUT2D eigenvalue weighted by Gasteiger charge is 2.32. The Bertz CT molecular complexity index is 404. The number of nitrogens with one attached hydrogen (secondary N) is 1. The van der Waals surface area contributed by atoms with Gasteiger partial charge in [-0.2, -0.15) is 0 Å². The molecule has 0 saturated heterocycles. The molecule has 1 saturated carbocycles. The molecular formula is C13H18ClNO2. The normalized spacial score (nSPS) is 24.0. The number of hydrogen-bond donors (Lipinski definition) is 1. The van der Waals surface area contributed by atoms with Crippen LogP contribution in [0.3, 0.4) is 0 Å². The molecule has 1 heterocycles.